The molecule has 3 aromatic rings. The lowest BCUT2D eigenvalue weighted by molar-refractivity contribution is -0.122. The lowest BCUT2D eigenvalue weighted by Gasteiger charge is -2.17. The second kappa shape index (κ2) is 9.46. The molecule has 2 N–H and O–H groups in total. The van der Waals surface area contributed by atoms with E-state index in [1.54, 1.807) is 53.4 Å². The van der Waals surface area contributed by atoms with Gasteiger partial charge in [0, 0.05) is 40.6 Å². The summed E-state index contributed by atoms with van der Waals surface area (Å²) in [6.07, 6.45) is 0.116. The van der Waals surface area contributed by atoms with Gasteiger partial charge < -0.3 is 15.5 Å². The van der Waals surface area contributed by atoms with Crippen LogP contribution in [0.25, 0.3) is 0 Å². The van der Waals surface area contributed by atoms with Crippen molar-refractivity contribution in [3.8, 4) is 0 Å². The summed E-state index contributed by atoms with van der Waals surface area (Å²) < 4.78 is 0. The summed E-state index contributed by atoms with van der Waals surface area (Å²) in [7, 11) is 0. The number of nitrogens with zero attached hydrogens (tertiary/aromatic N) is 1. The topological polar surface area (TPSA) is 78.5 Å². The van der Waals surface area contributed by atoms with E-state index in [1.807, 2.05) is 32.0 Å². The highest BCUT2D eigenvalue weighted by atomic mass is 35.5. The third-order valence-corrected chi connectivity index (χ3v) is 5.87. The summed E-state index contributed by atoms with van der Waals surface area (Å²) in [5.41, 5.74) is 4.44. The van der Waals surface area contributed by atoms with Gasteiger partial charge in [-0.2, -0.15) is 0 Å². The van der Waals surface area contributed by atoms with Gasteiger partial charge in [0.15, 0.2) is 0 Å². The second-order valence-corrected chi connectivity index (χ2v) is 8.66. The Labute approximate surface area is 197 Å². The van der Waals surface area contributed by atoms with Crippen LogP contribution in [0.5, 0.6) is 0 Å². The number of anilines is 3. The molecule has 0 saturated carbocycles. The highest BCUT2D eigenvalue weighted by Gasteiger charge is 2.35. The smallest absolute Gasteiger partial charge is 0.255 e. The van der Waals surface area contributed by atoms with Gasteiger partial charge in [0.25, 0.3) is 5.91 Å². The van der Waals surface area contributed by atoms with Gasteiger partial charge in [0.1, 0.15) is 0 Å². The predicted octanol–water partition coefficient (Wildman–Crippen LogP) is 5.20. The third kappa shape index (κ3) is 5.23. The molecule has 33 heavy (non-hydrogen) atoms. The Hall–Kier alpha value is -3.64. The van der Waals surface area contributed by atoms with Gasteiger partial charge >= 0.3 is 0 Å². The van der Waals surface area contributed by atoms with E-state index in [2.05, 4.69) is 10.6 Å². The van der Waals surface area contributed by atoms with Crippen molar-refractivity contribution < 1.29 is 14.4 Å². The van der Waals surface area contributed by atoms with Crippen molar-refractivity contribution in [2.45, 2.75) is 20.3 Å². The first-order valence-corrected chi connectivity index (χ1v) is 11.0. The molecule has 6 nitrogen and oxygen atoms in total. The van der Waals surface area contributed by atoms with E-state index in [-0.39, 0.29) is 30.7 Å². The zero-order valence-corrected chi connectivity index (χ0v) is 19.1. The Morgan fingerprint density at radius 1 is 0.970 bits per heavy atom. The summed E-state index contributed by atoms with van der Waals surface area (Å²) in [6, 6.07) is 19.6. The highest BCUT2D eigenvalue weighted by Crippen LogP contribution is 2.28. The van der Waals surface area contributed by atoms with Crippen molar-refractivity contribution in [2.75, 3.05) is 22.1 Å². The summed E-state index contributed by atoms with van der Waals surface area (Å²) >= 11 is 6.03. The number of carbonyl (C=O) groups is 3. The first-order valence-electron chi connectivity index (χ1n) is 10.7. The van der Waals surface area contributed by atoms with E-state index in [0.717, 1.165) is 16.8 Å². The molecule has 4 rings (SSSR count). The Kier molecular flexibility index (Phi) is 6.47. The number of benzene rings is 3. The lowest BCUT2D eigenvalue weighted by atomic mass is 10.1. The molecule has 0 aromatic heterocycles. The quantitative estimate of drug-likeness (QED) is 0.548. The van der Waals surface area contributed by atoms with Crippen molar-refractivity contribution in [1.29, 1.82) is 0 Å². The largest absolute Gasteiger partial charge is 0.326 e. The van der Waals surface area contributed by atoms with E-state index in [0.29, 0.717) is 22.0 Å². The fourth-order valence-electron chi connectivity index (χ4n) is 3.91. The molecule has 1 aliphatic rings. The van der Waals surface area contributed by atoms with Crippen molar-refractivity contribution >= 4 is 46.4 Å². The molecule has 1 atom stereocenters. The normalized spacial score (nSPS) is 15.4. The van der Waals surface area contributed by atoms with Crippen LogP contribution >= 0.6 is 11.6 Å². The minimum absolute atomic E-state index is 0.116. The number of amides is 3. The Bertz CT molecular complexity index is 1240. The molecule has 1 fully saturated rings. The van der Waals surface area contributed by atoms with Gasteiger partial charge in [-0.05, 0) is 61.9 Å². The Balaban J connectivity index is 1.42. The number of carbonyl (C=O) groups excluding carboxylic acids is 3. The van der Waals surface area contributed by atoms with Crippen LogP contribution in [0.1, 0.15) is 27.9 Å². The number of nitrogens with one attached hydrogen (secondary N) is 2. The molecule has 1 aliphatic heterocycles. The average molecular weight is 462 g/mol. The molecule has 0 bridgehead atoms. The van der Waals surface area contributed by atoms with Crippen LogP contribution < -0.4 is 15.5 Å². The number of halogens is 1. The summed E-state index contributed by atoms with van der Waals surface area (Å²) in [5.74, 6) is -1.15. The number of hydrogen-bond acceptors (Lipinski definition) is 3. The first-order chi connectivity index (χ1) is 15.8. The Morgan fingerprint density at radius 2 is 1.76 bits per heavy atom. The average Bonchev–Trinajstić information content (AvgIpc) is 3.17. The number of rotatable bonds is 5. The van der Waals surface area contributed by atoms with Crippen LogP contribution in [0.15, 0.2) is 66.7 Å². The molecule has 3 amide bonds. The molecule has 7 heteroatoms. The first kappa shape index (κ1) is 22.6. The molecule has 168 valence electrons. The zero-order chi connectivity index (χ0) is 23.5. The van der Waals surface area contributed by atoms with Crippen LogP contribution in [0.4, 0.5) is 17.1 Å². The van der Waals surface area contributed by atoms with E-state index >= 15 is 0 Å². The van der Waals surface area contributed by atoms with Crippen molar-refractivity contribution in [3.63, 3.8) is 0 Å². The highest BCUT2D eigenvalue weighted by molar-refractivity contribution is 6.31. The van der Waals surface area contributed by atoms with E-state index in [9.17, 15) is 14.4 Å². The van der Waals surface area contributed by atoms with Crippen molar-refractivity contribution in [1.82, 2.24) is 0 Å². The molecule has 1 saturated heterocycles. The van der Waals surface area contributed by atoms with Crippen LogP contribution in [-0.2, 0) is 9.59 Å². The lowest BCUT2D eigenvalue weighted by Crippen LogP contribution is -2.28. The summed E-state index contributed by atoms with van der Waals surface area (Å²) in [4.78, 5) is 39.6. The molecule has 1 heterocycles. The number of aryl methyl sites for hydroxylation is 2. The van der Waals surface area contributed by atoms with E-state index in [4.69, 9.17) is 11.6 Å². The molecule has 3 aromatic carbocycles. The maximum Gasteiger partial charge on any atom is 0.255 e. The van der Waals surface area contributed by atoms with E-state index < -0.39 is 5.92 Å². The van der Waals surface area contributed by atoms with E-state index in [1.165, 1.54) is 0 Å². The van der Waals surface area contributed by atoms with Crippen LogP contribution in [-0.4, -0.2) is 24.3 Å². The van der Waals surface area contributed by atoms with Gasteiger partial charge in [0.05, 0.1) is 5.92 Å². The van der Waals surface area contributed by atoms with Gasteiger partial charge in [-0.1, -0.05) is 41.4 Å². The molecule has 0 spiro atoms. The predicted molar refractivity (Wildman–Crippen MR) is 131 cm³/mol. The second-order valence-electron chi connectivity index (χ2n) is 8.23. The van der Waals surface area contributed by atoms with Crippen LogP contribution in [0.3, 0.4) is 0 Å². The Morgan fingerprint density at radius 3 is 2.52 bits per heavy atom. The molecule has 0 radical (unpaired) electrons. The van der Waals surface area contributed by atoms with Crippen LogP contribution in [0.2, 0.25) is 5.02 Å². The van der Waals surface area contributed by atoms with Crippen molar-refractivity contribution in [3.05, 3.63) is 88.4 Å². The fraction of sp³-hybridized carbons (Fsp3) is 0.192. The molecule has 0 aliphatic carbocycles. The summed E-state index contributed by atoms with van der Waals surface area (Å²) in [6.45, 7) is 4.21. The fourth-order valence-corrected chi connectivity index (χ4v) is 4.09. The minimum atomic E-state index is -0.496. The third-order valence-electron chi connectivity index (χ3n) is 5.64. The standard InChI is InChI=1S/C26H24ClN3O3/c1-16-9-10-23(17(2)11-16)29-25(32)18-5-3-7-21(12-18)28-26(33)19-13-24(31)30(15-19)22-8-4-6-20(27)14-22/h3-12,14,19H,13,15H2,1-2H3,(H,28,33)(H,29,32)/t19-/m1/s1. The molecular formula is C26H24ClN3O3. The van der Waals surface area contributed by atoms with Gasteiger partial charge in [-0.25, -0.2) is 0 Å². The SMILES string of the molecule is Cc1ccc(NC(=O)c2cccc(NC(=O)[C@@H]3CC(=O)N(c4cccc(Cl)c4)C3)c2)c(C)c1. The van der Waals surface area contributed by atoms with Gasteiger partial charge in [-0.3, -0.25) is 14.4 Å². The number of hydrogen-bond donors (Lipinski definition) is 2. The molecule has 0 unspecified atom stereocenters. The zero-order valence-electron chi connectivity index (χ0n) is 18.4. The minimum Gasteiger partial charge on any atom is -0.326 e. The van der Waals surface area contributed by atoms with Crippen LogP contribution in [0, 0.1) is 19.8 Å². The van der Waals surface area contributed by atoms with Gasteiger partial charge in [0.2, 0.25) is 11.8 Å². The maximum atomic E-state index is 12.8. The monoisotopic (exact) mass is 461 g/mol. The molecular weight excluding hydrogens is 438 g/mol. The maximum absolute atomic E-state index is 12.8. The van der Waals surface area contributed by atoms with Crippen molar-refractivity contribution in [2.24, 2.45) is 5.92 Å². The van der Waals surface area contributed by atoms with Gasteiger partial charge in [-0.15, -0.1) is 0 Å². The summed E-state index contributed by atoms with van der Waals surface area (Å²) in [5, 5.41) is 6.28.